The van der Waals surface area contributed by atoms with Gasteiger partial charge < -0.3 is 9.47 Å². The molecule has 0 aliphatic heterocycles. The second-order valence-corrected chi connectivity index (χ2v) is 6.97. The maximum atomic E-state index is 5.97. The molecule has 0 aromatic rings. The number of hydrogen-bond acceptors (Lipinski definition) is 2. The van der Waals surface area contributed by atoms with Gasteiger partial charge in [-0.1, -0.05) is 30.6 Å². The van der Waals surface area contributed by atoms with Gasteiger partial charge in [0.2, 0.25) is 0 Å². The quantitative estimate of drug-likeness (QED) is 0.253. The summed E-state index contributed by atoms with van der Waals surface area (Å²) in [7, 11) is 0. The average Bonchev–Trinajstić information content (AvgIpc) is 2.46. The molecule has 0 radical (unpaired) electrons. The van der Waals surface area contributed by atoms with Crippen molar-refractivity contribution in [1.82, 2.24) is 0 Å². The van der Waals surface area contributed by atoms with Crippen molar-refractivity contribution in [2.24, 2.45) is 5.41 Å². The van der Waals surface area contributed by atoms with Crippen LogP contribution in [0.2, 0.25) is 0 Å². The lowest BCUT2D eigenvalue weighted by Gasteiger charge is -2.32. The van der Waals surface area contributed by atoms with Crippen LogP contribution in [0.25, 0.3) is 0 Å². The van der Waals surface area contributed by atoms with Crippen molar-refractivity contribution in [1.29, 1.82) is 0 Å². The zero-order valence-electron chi connectivity index (χ0n) is 15.8. The fourth-order valence-corrected chi connectivity index (χ4v) is 2.77. The van der Waals surface area contributed by atoms with Gasteiger partial charge in [0.15, 0.2) is 0 Å². The molecule has 0 rings (SSSR count). The molecule has 2 nitrogen and oxygen atoms in total. The summed E-state index contributed by atoms with van der Waals surface area (Å²) in [5, 5.41) is 0. The zero-order chi connectivity index (χ0) is 17.6. The molecule has 0 saturated heterocycles. The smallest absolute Gasteiger partial charge is 0.0547 e. The normalized spacial score (nSPS) is 11.4. The van der Waals surface area contributed by atoms with Crippen molar-refractivity contribution in [3.8, 4) is 0 Å². The number of hydrogen-bond donors (Lipinski definition) is 0. The minimum Gasteiger partial charge on any atom is -0.381 e. The van der Waals surface area contributed by atoms with Gasteiger partial charge in [-0.25, -0.2) is 0 Å². The first kappa shape index (κ1) is 22.1. The van der Waals surface area contributed by atoms with Gasteiger partial charge in [-0.05, 0) is 52.4 Å². The lowest BCUT2D eigenvalue weighted by molar-refractivity contribution is -0.0273. The fourth-order valence-electron chi connectivity index (χ4n) is 2.77. The molecule has 23 heavy (non-hydrogen) atoms. The summed E-state index contributed by atoms with van der Waals surface area (Å²) in [5.41, 5.74) is 2.52. The van der Waals surface area contributed by atoms with E-state index in [-0.39, 0.29) is 5.41 Å². The third kappa shape index (κ3) is 12.3. The van der Waals surface area contributed by atoms with Crippen LogP contribution in [0.5, 0.6) is 0 Å². The molecule has 0 aromatic carbocycles. The van der Waals surface area contributed by atoms with Gasteiger partial charge in [0, 0.05) is 18.6 Å². The molecule has 0 aliphatic rings. The van der Waals surface area contributed by atoms with Crippen LogP contribution in [-0.4, -0.2) is 26.4 Å². The standard InChI is InChI=1S/C21H38O2/c1-7-13-21(14-8-2,17-22-15-9-11-19(3)4)18-23-16-10-12-20(5)6/h7H,1,3,5,8-18H2,2,4,6H3. The molecule has 0 spiro atoms. The predicted octanol–water partition coefficient (Wildman–Crippen LogP) is 6.09. The highest BCUT2D eigenvalue weighted by molar-refractivity contribution is 4.89. The summed E-state index contributed by atoms with van der Waals surface area (Å²) in [6.45, 7) is 21.3. The van der Waals surface area contributed by atoms with Gasteiger partial charge >= 0.3 is 0 Å². The third-order valence-electron chi connectivity index (χ3n) is 3.96. The van der Waals surface area contributed by atoms with Crippen LogP contribution in [0.4, 0.5) is 0 Å². The molecule has 2 heteroatoms. The first-order valence-corrected chi connectivity index (χ1v) is 9.01. The second kappa shape index (κ2) is 13.6. The maximum absolute atomic E-state index is 5.97. The van der Waals surface area contributed by atoms with E-state index in [1.165, 1.54) is 11.1 Å². The van der Waals surface area contributed by atoms with Crippen LogP contribution in [-0.2, 0) is 9.47 Å². The Labute approximate surface area is 144 Å². The molecular formula is C21H38O2. The van der Waals surface area contributed by atoms with E-state index in [0.717, 1.165) is 71.4 Å². The molecule has 0 bridgehead atoms. The molecule has 0 unspecified atom stereocenters. The molecule has 0 aromatic heterocycles. The monoisotopic (exact) mass is 322 g/mol. The summed E-state index contributed by atoms with van der Waals surface area (Å²) in [6.07, 6.45) is 9.37. The van der Waals surface area contributed by atoms with E-state index in [1.54, 1.807) is 0 Å². The molecule has 0 atom stereocenters. The van der Waals surface area contributed by atoms with Gasteiger partial charge in [-0.15, -0.1) is 19.7 Å². The largest absolute Gasteiger partial charge is 0.381 e. The van der Waals surface area contributed by atoms with Gasteiger partial charge in [-0.3, -0.25) is 0 Å². The van der Waals surface area contributed by atoms with Crippen molar-refractivity contribution in [2.45, 2.75) is 65.7 Å². The lowest BCUT2D eigenvalue weighted by Crippen LogP contribution is -2.32. The van der Waals surface area contributed by atoms with Crippen LogP contribution in [0.1, 0.15) is 65.7 Å². The lowest BCUT2D eigenvalue weighted by atomic mass is 9.81. The molecule has 134 valence electrons. The maximum Gasteiger partial charge on any atom is 0.0547 e. The Hall–Kier alpha value is -0.860. The summed E-state index contributed by atoms with van der Waals surface area (Å²) >= 11 is 0. The summed E-state index contributed by atoms with van der Waals surface area (Å²) < 4.78 is 11.9. The van der Waals surface area contributed by atoms with E-state index in [1.807, 2.05) is 6.08 Å². The molecule has 0 saturated carbocycles. The first-order chi connectivity index (χ1) is 11.0. The Bertz CT molecular complexity index is 320. The van der Waals surface area contributed by atoms with Gasteiger partial charge in [0.25, 0.3) is 0 Å². The summed E-state index contributed by atoms with van der Waals surface area (Å²) in [6, 6.07) is 0. The molecule has 0 aliphatic carbocycles. The van der Waals surface area contributed by atoms with Crippen molar-refractivity contribution in [3.63, 3.8) is 0 Å². The van der Waals surface area contributed by atoms with Crippen LogP contribution in [0.15, 0.2) is 37.0 Å². The highest BCUT2D eigenvalue weighted by Gasteiger charge is 2.28. The Balaban J connectivity index is 4.29. The minimum absolute atomic E-state index is 0.0724. The Morgan fingerprint density at radius 1 is 0.957 bits per heavy atom. The fraction of sp³-hybridized carbons (Fsp3) is 0.714. The highest BCUT2D eigenvalue weighted by Crippen LogP contribution is 2.30. The van der Waals surface area contributed by atoms with E-state index in [9.17, 15) is 0 Å². The van der Waals surface area contributed by atoms with E-state index < -0.39 is 0 Å². The van der Waals surface area contributed by atoms with E-state index in [2.05, 4.69) is 40.5 Å². The van der Waals surface area contributed by atoms with Gasteiger partial charge in [0.05, 0.1) is 13.2 Å². The molecular weight excluding hydrogens is 284 g/mol. The van der Waals surface area contributed by atoms with Gasteiger partial charge in [-0.2, -0.15) is 0 Å². The SMILES string of the molecule is C=CCC(CCC)(COCCCC(=C)C)COCCCC(=C)C. The van der Waals surface area contributed by atoms with Crippen molar-refractivity contribution >= 4 is 0 Å². The Morgan fingerprint density at radius 2 is 1.43 bits per heavy atom. The number of ether oxygens (including phenoxy) is 2. The number of allylic oxidation sites excluding steroid dienone is 3. The number of rotatable bonds is 16. The Morgan fingerprint density at radius 3 is 1.78 bits per heavy atom. The third-order valence-corrected chi connectivity index (χ3v) is 3.96. The molecule has 0 heterocycles. The first-order valence-electron chi connectivity index (χ1n) is 9.01. The molecule has 0 amide bonds. The van der Waals surface area contributed by atoms with Crippen LogP contribution < -0.4 is 0 Å². The second-order valence-electron chi connectivity index (χ2n) is 6.97. The highest BCUT2D eigenvalue weighted by atomic mass is 16.5. The van der Waals surface area contributed by atoms with Crippen molar-refractivity contribution in [2.75, 3.05) is 26.4 Å². The summed E-state index contributed by atoms with van der Waals surface area (Å²) in [5.74, 6) is 0. The van der Waals surface area contributed by atoms with Crippen LogP contribution in [0, 0.1) is 5.41 Å². The topological polar surface area (TPSA) is 18.5 Å². The molecule has 0 N–H and O–H groups in total. The van der Waals surface area contributed by atoms with E-state index in [0.29, 0.717) is 0 Å². The predicted molar refractivity (Wildman–Crippen MR) is 102 cm³/mol. The van der Waals surface area contributed by atoms with Gasteiger partial charge in [0.1, 0.15) is 0 Å². The van der Waals surface area contributed by atoms with E-state index >= 15 is 0 Å². The zero-order valence-corrected chi connectivity index (χ0v) is 15.8. The van der Waals surface area contributed by atoms with Crippen LogP contribution in [0.3, 0.4) is 0 Å². The van der Waals surface area contributed by atoms with Crippen molar-refractivity contribution in [3.05, 3.63) is 37.0 Å². The summed E-state index contributed by atoms with van der Waals surface area (Å²) in [4.78, 5) is 0. The minimum atomic E-state index is 0.0724. The Kier molecular flexibility index (Phi) is 13.1. The van der Waals surface area contributed by atoms with E-state index in [4.69, 9.17) is 9.47 Å². The molecule has 0 fully saturated rings. The van der Waals surface area contributed by atoms with Crippen LogP contribution >= 0.6 is 0 Å². The van der Waals surface area contributed by atoms with Crippen molar-refractivity contribution < 1.29 is 9.47 Å². The average molecular weight is 323 g/mol.